The third-order valence-electron chi connectivity index (χ3n) is 1.34. The maximum atomic E-state index is 8.50. The number of hydrogen-bond acceptors (Lipinski definition) is 4. The van der Waals surface area contributed by atoms with E-state index in [4.69, 9.17) is 20.4 Å². The molecule has 0 saturated heterocycles. The minimum atomic E-state index is -1.11. The molecule has 0 bridgehead atoms. The van der Waals surface area contributed by atoms with Crippen molar-refractivity contribution >= 4 is 37.7 Å². The molecule has 0 aromatic heterocycles. The number of rotatable bonds is 4. The van der Waals surface area contributed by atoms with Crippen LogP contribution in [0.4, 0.5) is 0 Å². The van der Waals surface area contributed by atoms with Crippen LogP contribution in [0.1, 0.15) is 2.85 Å². The van der Waals surface area contributed by atoms with E-state index in [0.29, 0.717) is 0 Å². The Kier molecular flexibility index (Phi) is 9.28. The van der Waals surface area contributed by atoms with Crippen LogP contribution < -0.4 is 0 Å². The van der Waals surface area contributed by atoms with Crippen LogP contribution in [0.15, 0.2) is 0 Å². The first-order valence-electron chi connectivity index (χ1n) is 2.68. The van der Waals surface area contributed by atoms with Gasteiger partial charge in [0.05, 0.1) is 31.8 Å². The molecule has 0 atom stereocenters. The number of hydrogen-bond donors (Lipinski definition) is 4. The zero-order valence-electron chi connectivity index (χ0n) is 7.82. The molecule has 0 aliphatic heterocycles. The summed E-state index contributed by atoms with van der Waals surface area (Å²) in [6.45, 7) is -1.62. The molecular formula is C5H14CaO4. The second kappa shape index (κ2) is 6.79. The molecule has 0 aliphatic rings. The first-order valence-corrected chi connectivity index (χ1v) is 2.68. The number of aliphatic hydroxyl groups excluding tert-OH is 4. The molecule has 0 aliphatic carbocycles. The summed E-state index contributed by atoms with van der Waals surface area (Å²) in [5.41, 5.74) is -1.11. The molecule has 0 aromatic carbocycles. The average molecular weight is 178 g/mol. The summed E-state index contributed by atoms with van der Waals surface area (Å²) in [6.07, 6.45) is 0. The maximum Gasteiger partial charge on any atom is 2.00 e. The summed E-state index contributed by atoms with van der Waals surface area (Å²) in [7, 11) is 0. The largest absolute Gasteiger partial charge is 2.00 e. The van der Waals surface area contributed by atoms with Crippen molar-refractivity contribution in [3.8, 4) is 0 Å². The van der Waals surface area contributed by atoms with Gasteiger partial charge in [0.1, 0.15) is 0 Å². The molecule has 0 aromatic rings. The molecular weight excluding hydrogens is 164 g/mol. The van der Waals surface area contributed by atoms with Gasteiger partial charge in [-0.05, 0) is 0 Å². The Hall–Kier alpha value is 1.10. The van der Waals surface area contributed by atoms with Crippen LogP contribution in [0.5, 0.6) is 0 Å². The Bertz CT molecular complexity index is 64.3. The van der Waals surface area contributed by atoms with Gasteiger partial charge in [-0.3, -0.25) is 0 Å². The molecule has 0 saturated carbocycles. The molecule has 4 N–H and O–H groups in total. The molecule has 0 rings (SSSR count). The van der Waals surface area contributed by atoms with Crippen LogP contribution in [0.25, 0.3) is 0 Å². The van der Waals surface area contributed by atoms with Crippen molar-refractivity contribution in [3.05, 3.63) is 0 Å². The fraction of sp³-hybridized carbons (Fsp3) is 1.00. The third kappa shape index (κ3) is 3.48. The molecule has 0 fully saturated rings. The van der Waals surface area contributed by atoms with Crippen LogP contribution in [-0.4, -0.2) is 84.6 Å². The number of aliphatic hydroxyl groups is 4. The third-order valence-corrected chi connectivity index (χ3v) is 1.34. The summed E-state index contributed by atoms with van der Waals surface area (Å²) in [5.74, 6) is 0. The standard InChI is InChI=1S/C5H12O4.Ca.2H/c6-1-5(2-7,3-8)4-9;;;/h6-9H,1-4H2;;;/q;+2;2*-1. The molecule has 0 spiro atoms. The van der Waals surface area contributed by atoms with E-state index in [0.717, 1.165) is 0 Å². The Labute approximate surface area is 92.5 Å². The van der Waals surface area contributed by atoms with Crippen LogP contribution in [-0.2, 0) is 0 Å². The fourth-order valence-corrected chi connectivity index (χ4v) is 0.300. The molecule has 0 heterocycles. The summed E-state index contributed by atoms with van der Waals surface area (Å²) in [4.78, 5) is 0. The Morgan fingerprint density at radius 3 is 1.00 bits per heavy atom. The predicted octanol–water partition coefficient (Wildman–Crippen LogP) is -2.21. The van der Waals surface area contributed by atoms with Crippen LogP contribution in [0.3, 0.4) is 0 Å². The van der Waals surface area contributed by atoms with E-state index >= 15 is 0 Å². The quantitative estimate of drug-likeness (QED) is 0.368. The molecule has 0 amide bonds. The van der Waals surface area contributed by atoms with E-state index in [1.165, 1.54) is 0 Å². The van der Waals surface area contributed by atoms with E-state index in [2.05, 4.69) is 0 Å². The summed E-state index contributed by atoms with van der Waals surface area (Å²) in [6, 6.07) is 0. The molecule has 10 heavy (non-hydrogen) atoms. The first kappa shape index (κ1) is 13.7. The van der Waals surface area contributed by atoms with Gasteiger partial charge in [-0.1, -0.05) is 0 Å². The molecule has 5 heteroatoms. The Morgan fingerprint density at radius 2 is 1.00 bits per heavy atom. The monoisotopic (exact) mass is 178 g/mol. The normalized spacial score (nSPS) is 10.8. The van der Waals surface area contributed by atoms with E-state index < -0.39 is 31.8 Å². The predicted molar refractivity (Wildman–Crippen MR) is 38.8 cm³/mol. The molecule has 60 valence electrons. The fourth-order valence-electron chi connectivity index (χ4n) is 0.300. The van der Waals surface area contributed by atoms with Gasteiger partial charge in [0.25, 0.3) is 0 Å². The molecule has 4 nitrogen and oxygen atoms in total. The van der Waals surface area contributed by atoms with E-state index in [1.54, 1.807) is 0 Å². The first-order chi connectivity index (χ1) is 4.24. The summed E-state index contributed by atoms with van der Waals surface area (Å²) in [5, 5.41) is 34.0. The van der Waals surface area contributed by atoms with Gasteiger partial charge in [-0.2, -0.15) is 0 Å². The van der Waals surface area contributed by atoms with Crippen molar-refractivity contribution in [1.29, 1.82) is 0 Å². The SMILES string of the molecule is OCC(CO)(CO)CO.[Ca+2].[H-].[H-]. The van der Waals surface area contributed by atoms with Crippen molar-refractivity contribution in [1.82, 2.24) is 0 Å². The van der Waals surface area contributed by atoms with Crippen LogP contribution >= 0.6 is 0 Å². The zero-order chi connectivity index (χ0) is 7.33. The van der Waals surface area contributed by atoms with E-state index in [-0.39, 0.29) is 40.6 Å². The minimum Gasteiger partial charge on any atom is -1.00 e. The zero-order valence-corrected chi connectivity index (χ0v) is 8.03. The van der Waals surface area contributed by atoms with Crippen molar-refractivity contribution in [2.75, 3.05) is 26.4 Å². The van der Waals surface area contributed by atoms with Gasteiger partial charge in [-0.15, -0.1) is 0 Å². The van der Waals surface area contributed by atoms with Gasteiger partial charge in [0, 0.05) is 0 Å². The van der Waals surface area contributed by atoms with Gasteiger partial charge in [0.2, 0.25) is 0 Å². The molecule has 0 unspecified atom stereocenters. The van der Waals surface area contributed by atoms with E-state index in [1.807, 2.05) is 0 Å². The van der Waals surface area contributed by atoms with Crippen molar-refractivity contribution in [2.45, 2.75) is 0 Å². The minimum absolute atomic E-state index is 0. The van der Waals surface area contributed by atoms with Crippen molar-refractivity contribution in [3.63, 3.8) is 0 Å². The Morgan fingerprint density at radius 1 is 0.800 bits per heavy atom. The second-order valence-electron chi connectivity index (χ2n) is 2.13. The summed E-state index contributed by atoms with van der Waals surface area (Å²) < 4.78 is 0. The van der Waals surface area contributed by atoms with E-state index in [9.17, 15) is 0 Å². The van der Waals surface area contributed by atoms with Gasteiger partial charge < -0.3 is 23.3 Å². The van der Waals surface area contributed by atoms with Crippen LogP contribution in [0, 0.1) is 5.41 Å². The average Bonchev–Trinajstić information content (AvgIpc) is 1.95. The maximum absolute atomic E-state index is 8.50. The van der Waals surface area contributed by atoms with Gasteiger partial charge in [-0.25, -0.2) is 0 Å². The van der Waals surface area contributed by atoms with Crippen LogP contribution in [0.2, 0.25) is 0 Å². The second-order valence-corrected chi connectivity index (χ2v) is 2.13. The van der Waals surface area contributed by atoms with Crippen molar-refractivity contribution < 1.29 is 23.3 Å². The van der Waals surface area contributed by atoms with Gasteiger partial charge >= 0.3 is 37.7 Å². The molecule has 0 radical (unpaired) electrons. The van der Waals surface area contributed by atoms with Gasteiger partial charge in [0.15, 0.2) is 0 Å². The topological polar surface area (TPSA) is 80.9 Å². The smallest absolute Gasteiger partial charge is 1.00 e. The summed E-state index contributed by atoms with van der Waals surface area (Å²) >= 11 is 0. The Balaban J connectivity index is -0.000000107. The van der Waals surface area contributed by atoms with Crippen molar-refractivity contribution in [2.24, 2.45) is 5.41 Å².